The van der Waals surface area contributed by atoms with E-state index in [0.717, 1.165) is 23.3 Å². The topological polar surface area (TPSA) is 43.4 Å². The van der Waals surface area contributed by atoms with E-state index in [4.69, 9.17) is 16.3 Å². The van der Waals surface area contributed by atoms with Crippen LogP contribution in [-0.4, -0.2) is 26.0 Å². The molecular weight excluding hydrogens is 272 g/mol. The molecule has 1 aromatic rings. The summed E-state index contributed by atoms with van der Waals surface area (Å²) in [7, 11) is -3.14. The largest absolute Gasteiger partial charge is 0.490 e. The van der Waals surface area contributed by atoms with Gasteiger partial charge in [-0.25, -0.2) is 8.42 Å². The van der Waals surface area contributed by atoms with E-state index < -0.39 is 20.5 Å². The minimum Gasteiger partial charge on any atom is -0.490 e. The number of rotatable bonds is 3. The Morgan fingerprint density at radius 3 is 2.72 bits per heavy atom. The van der Waals surface area contributed by atoms with Gasteiger partial charge in [0.15, 0.2) is 9.84 Å². The zero-order chi connectivity index (χ0) is 13.5. The molecule has 0 spiro atoms. The van der Waals surface area contributed by atoms with Crippen LogP contribution in [0.25, 0.3) is 0 Å². The highest BCUT2D eigenvalue weighted by atomic mass is 35.5. The van der Waals surface area contributed by atoms with Crippen molar-refractivity contribution in [3.05, 3.63) is 29.3 Å². The van der Waals surface area contributed by atoms with E-state index >= 15 is 0 Å². The van der Waals surface area contributed by atoms with Gasteiger partial charge in [-0.05, 0) is 31.0 Å². The number of hydrogen-bond donors (Lipinski definition) is 0. The van der Waals surface area contributed by atoms with Gasteiger partial charge in [0, 0.05) is 12.7 Å². The number of halogens is 1. The maximum atomic E-state index is 11.5. The molecule has 1 aliphatic rings. The summed E-state index contributed by atoms with van der Waals surface area (Å²) in [6.45, 7) is 3.65. The summed E-state index contributed by atoms with van der Waals surface area (Å²) in [6, 6.07) is 5.67. The average Bonchev–Trinajstić information content (AvgIpc) is 2.64. The average molecular weight is 289 g/mol. The van der Waals surface area contributed by atoms with E-state index in [1.165, 1.54) is 6.26 Å². The Kier molecular flexibility index (Phi) is 3.60. The summed E-state index contributed by atoms with van der Waals surface area (Å²) in [5.41, 5.74) is 1.94. The smallest absolute Gasteiger partial charge is 0.151 e. The van der Waals surface area contributed by atoms with Crippen LogP contribution in [0, 0.1) is 0 Å². The molecule has 1 aliphatic heterocycles. The summed E-state index contributed by atoms with van der Waals surface area (Å²) in [5.74, 6) is 0.877. The maximum Gasteiger partial charge on any atom is 0.151 e. The van der Waals surface area contributed by atoms with Crippen LogP contribution >= 0.6 is 11.6 Å². The van der Waals surface area contributed by atoms with Crippen molar-refractivity contribution in [1.82, 2.24) is 0 Å². The van der Waals surface area contributed by atoms with Gasteiger partial charge in [-0.2, -0.15) is 0 Å². The quantitative estimate of drug-likeness (QED) is 0.803. The molecule has 100 valence electrons. The molecule has 0 radical (unpaired) electrons. The van der Waals surface area contributed by atoms with Crippen molar-refractivity contribution in [3.8, 4) is 5.75 Å². The normalized spacial score (nSPS) is 22.1. The van der Waals surface area contributed by atoms with Gasteiger partial charge < -0.3 is 4.74 Å². The zero-order valence-electron chi connectivity index (χ0n) is 10.7. The van der Waals surface area contributed by atoms with E-state index in [9.17, 15) is 8.42 Å². The Labute approximate surface area is 113 Å². The number of benzene rings is 1. The van der Waals surface area contributed by atoms with Gasteiger partial charge in [0.25, 0.3) is 0 Å². The highest BCUT2D eigenvalue weighted by molar-refractivity contribution is 7.91. The van der Waals surface area contributed by atoms with Crippen LogP contribution < -0.4 is 4.74 Å². The van der Waals surface area contributed by atoms with Crippen molar-refractivity contribution in [2.75, 3.05) is 6.26 Å². The van der Waals surface area contributed by atoms with Crippen LogP contribution in [0.15, 0.2) is 18.2 Å². The van der Waals surface area contributed by atoms with Crippen molar-refractivity contribution >= 4 is 21.4 Å². The minimum absolute atomic E-state index is 0.177. The van der Waals surface area contributed by atoms with Gasteiger partial charge in [-0.3, -0.25) is 0 Å². The summed E-state index contributed by atoms with van der Waals surface area (Å²) < 4.78 is 28.7. The van der Waals surface area contributed by atoms with E-state index in [1.807, 2.05) is 25.1 Å². The van der Waals surface area contributed by atoms with Crippen molar-refractivity contribution in [1.29, 1.82) is 0 Å². The van der Waals surface area contributed by atoms with Gasteiger partial charge >= 0.3 is 0 Å². The first-order chi connectivity index (χ1) is 8.29. The highest BCUT2D eigenvalue weighted by Crippen LogP contribution is 2.35. The zero-order valence-corrected chi connectivity index (χ0v) is 12.3. The Bertz CT molecular complexity index is 553. The molecule has 5 heteroatoms. The van der Waals surface area contributed by atoms with Gasteiger partial charge in [0.1, 0.15) is 11.9 Å². The molecule has 3 atom stereocenters. The fourth-order valence-electron chi connectivity index (χ4n) is 2.10. The molecule has 2 rings (SSSR count). The Morgan fingerprint density at radius 1 is 1.44 bits per heavy atom. The number of hydrogen-bond acceptors (Lipinski definition) is 3. The second kappa shape index (κ2) is 4.74. The number of ether oxygens (including phenoxy) is 1. The second-order valence-corrected chi connectivity index (χ2v) is 7.81. The molecular formula is C13H17ClO3S. The maximum absolute atomic E-state index is 11.5. The summed E-state index contributed by atoms with van der Waals surface area (Å²) in [4.78, 5) is 0. The van der Waals surface area contributed by atoms with E-state index in [2.05, 4.69) is 0 Å². The molecule has 0 bridgehead atoms. The molecule has 3 unspecified atom stereocenters. The number of sulfone groups is 1. The van der Waals surface area contributed by atoms with Gasteiger partial charge in [-0.15, -0.1) is 11.6 Å². The van der Waals surface area contributed by atoms with Crippen LogP contribution in [0.1, 0.15) is 30.4 Å². The lowest BCUT2D eigenvalue weighted by molar-refractivity contribution is 0.254. The van der Waals surface area contributed by atoms with Crippen molar-refractivity contribution in [2.45, 2.75) is 37.0 Å². The lowest BCUT2D eigenvalue weighted by Crippen LogP contribution is -2.21. The number of alkyl halides is 1. The first-order valence-electron chi connectivity index (χ1n) is 5.91. The van der Waals surface area contributed by atoms with Crippen molar-refractivity contribution < 1.29 is 13.2 Å². The predicted octanol–water partition coefficient (Wildman–Crippen LogP) is 2.72. The Balaban J connectivity index is 2.28. The SMILES string of the molecule is CC1Cc2cc(C(Cl)C(C)S(C)(=O)=O)ccc2O1. The molecule has 1 heterocycles. The number of fused-ring (bicyclic) bond motifs is 1. The van der Waals surface area contributed by atoms with Crippen LogP contribution in [0.5, 0.6) is 5.75 Å². The summed E-state index contributed by atoms with van der Waals surface area (Å²) >= 11 is 6.26. The first-order valence-corrected chi connectivity index (χ1v) is 8.30. The molecule has 0 fully saturated rings. The summed E-state index contributed by atoms with van der Waals surface area (Å²) in [5, 5.41) is -1.13. The first kappa shape index (κ1) is 13.7. The molecule has 1 aromatic carbocycles. The van der Waals surface area contributed by atoms with Crippen LogP contribution in [0.2, 0.25) is 0 Å². The molecule has 0 saturated heterocycles. The molecule has 0 N–H and O–H groups in total. The van der Waals surface area contributed by atoms with E-state index in [0.29, 0.717) is 0 Å². The highest BCUT2D eigenvalue weighted by Gasteiger charge is 2.27. The predicted molar refractivity (Wildman–Crippen MR) is 73.1 cm³/mol. The lowest BCUT2D eigenvalue weighted by Gasteiger charge is -2.17. The van der Waals surface area contributed by atoms with Crippen molar-refractivity contribution in [3.63, 3.8) is 0 Å². The van der Waals surface area contributed by atoms with Crippen LogP contribution in [0.4, 0.5) is 0 Å². The van der Waals surface area contributed by atoms with Gasteiger partial charge in [-0.1, -0.05) is 12.1 Å². The molecule has 3 nitrogen and oxygen atoms in total. The fourth-order valence-corrected chi connectivity index (χ4v) is 3.39. The Morgan fingerprint density at radius 2 is 2.11 bits per heavy atom. The summed E-state index contributed by atoms with van der Waals surface area (Å²) in [6.07, 6.45) is 2.24. The lowest BCUT2D eigenvalue weighted by atomic mass is 10.0. The molecule has 0 amide bonds. The van der Waals surface area contributed by atoms with Crippen LogP contribution in [-0.2, 0) is 16.3 Å². The molecule has 0 aromatic heterocycles. The second-order valence-electron chi connectivity index (χ2n) is 4.94. The third-order valence-corrected chi connectivity index (χ3v) is 5.73. The monoisotopic (exact) mass is 288 g/mol. The van der Waals surface area contributed by atoms with Gasteiger partial charge in [0.2, 0.25) is 0 Å². The Hall–Kier alpha value is -0.740. The van der Waals surface area contributed by atoms with Crippen molar-refractivity contribution in [2.24, 2.45) is 0 Å². The fraction of sp³-hybridized carbons (Fsp3) is 0.538. The molecule has 18 heavy (non-hydrogen) atoms. The van der Waals surface area contributed by atoms with Crippen LogP contribution in [0.3, 0.4) is 0 Å². The third kappa shape index (κ3) is 2.64. The van der Waals surface area contributed by atoms with E-state index in [-0.39, 0.29) is 6.10 Å². The minimum atomic E-state index is -3.14. The standard InChI is InChI=1S/C13H17ClO3S/c1-8-6-11-7-10(4-5-12(11)17-8)13(14)9(2)18(3,15)16/h4-5,7-9,13H,6H2,1-3H3. The molecule has 0 aliphatic carbocycles. The van der Waals surface area contributed by atoms with E-state index in [1.54, 1.807) is 6.92 Å². The van der Waals surface area contributed by atoms with Gasteiger partial charge in [0.05, 0.1) is 10.6 Å². The molecule has 0 saturated carbocycles. The third-order valence-electron chi connectivity index (χ3n) is 3.33.